The summed E-state index contributed by atoms with van der Waals surface area (Å²) >= 11 is 0. The van der Waals surface area contributed by atoms with Gasteiger partial charge >= 0.3 is 17.9 Å². The SMILES string of the molecule is N#Cc1cccc(-c2nnc(C(=O)NC3CC(CF)N(C(=O)O)C3)o2)c1. The van der Waals surface area contributed by atoms with Crippen LogP contribution in [0.2, 0.25) is 0 Å². The van der Waals surface area contributed by atoms with Gasteiger partial charge in [0.15, 0.2) is 0 Å². The maximum atomic E-state index is 12.9. The van der Waals surface area contributed by atoms with Crippen molar-refractivity contribution < 1.29 is 23.5 Å². The molecule has 1 aromatic heterocycles. The number of carbonyl (C=O) groups excluding carboxylic acids is 1. The lowest BCUT2D eigenvalue weighted by atomic mass is 10.1. The number of amides is 2. The summed E-state index contributed by atoms with van der Waals surface area (Å²) in [5.74, 6) is -0.893. The van der Waals surface area contributed by atoms with Gasteiger partial charge in [-0.15, -0.1) is 10.2 Å². The Kier molecular flexibility index (Phi) is 4.79. The predicted molar refractivity (Wildman–Crippen MR) is 84.8 cm³/mol. The van der Waals surface area contributed by atoms with E-state index in [-0.39, 0.29) is 24.7 Å². The highest BCUT2D eigenvalue weighted by Gasteiger charge is 2.36. The fraction of sp³-hybridized carbons (Fsp3) is 0.312. The lowest BCUT2D eigenvalue weighted by molar-refractivity contribution is 0.0901. The van der Waals surface area contributed by atoms with Gasteiger partial charge in [0.2, 0.25) is 5.89 Å². The van der Waals surface area contributed by atoms with Crippen LogP contribution in [0, 0.1) is 11.3 Å². The summed E-state index contributed by atoms with van der Waals surface area (Å²) in [7, 11) is 0. The smallest absolute Gasteiger partial charge is 0.407 e. The van der Waals surface area contributed by atoms with Gasteiger partial charge in [-0.3, -0.25) is 4.79 Å². The van der Waals surface area contributed by atoms with Crippen LogP contribution in [-0.4, -0.2) is 57.5 Å². The Bertz CT molecular complexity index is 878. The number of halogens is 1. The predicted octanol–water partition coefficient (Wildman–Crippen LogP) is 1.43. The maximum Gasteiger partial charge on any atom is 0.407 e. The minimum absolute atomic E-state index is 0.0130. The number of nitrogens with one attached hydrogen (secondary N) is 1. The van der Waals surface area contributed by atoms with Crippen LogP contribution >= 0.6 is 0 Å². The van der Waals surface area contributed by atoms with Crippen molar-refractivity contribution in [2.45, 2.75) is 18.5 Å². The summed E-state index contributed by atoms with van der Waals surface area (Å²) in [5, 5.41) is 28.0. The van der Waals surface area contributed by atoms with Crippen LogP contribution in [0.5, 0.6) is 0 Å². The molecule has 9 nitrogen and oxygen atoms in total. The molecule has 2 amide bonds. The molecule has 0 saturated carbocycles. The molecule has 1 aromatic carbocycles. The Morgan fingerprint density at radius 2 is 2.27 bits per heavy atom. The number of hydrogen-bond donors (Lipinski definition) is 2. The molecule has 2 aromatic rings. The topological polar surface area (TPSA) is 132 Å². The highest BCUT2D eigenvalue weighted by Crippen LogP contribution is 2.21. The fourth-order valence-electron chi connectivity index (χ4n) is 2.80. The van der Waals surface area contributed by atoms with E-state index in [1.54, 1.807) is 24.3 Å². The first kappa shape index (κ1) is 17.3. The van der Waals surface area contributed by atoms with E-state index in [0.717, 1.165) is 4.90 Å². The molecule has 0 spiro atoms. The lowest BCUT2D eigenvalue weighted by Gasteiger charge is -2.17. The molecule has 0 radical (unpaired) electrons. The molecule has 0 aliphatic carbocycles. The minimum atomic E-state index is -1.23. The Balaban J connectivity index is 1.69. The first-order chi connectivity index (χ1) is 12.5. The van der Waals surface area contributed by atoms with Crippen molar-refractivity contribution in [2.75, 3.05) is 13.2 Å². The summed E-state index contributed by atoms with van der Waals surface area (Å²) in [5.41, 5.74) is 0.898. The van der Waals surface area contributed by atoms with Crippen molar-refractivity contribution in [2.24, 2.45) is 0 Å². The van der Waals surface area contributed by atoms with Crippen LogP contribution in [-0.2, 0) is 0 Å². The van der Waals surface area contributed by atoms with Gasteiger partial charge in [-0.25, -0.2) is 9.18 Å². The van der Waals surface area contributed by atoms with Gasteiger partial charge in [0.05, 0.1) is 17.7 Å². The largest absolute Gasteiger partial charge is 0.465 e. The zero-order valence-electron chi connectivity index (χ0n) is 13.4. The van der Waals surface area contributed by atoms with Crippen molar-refractivity contribution in [1.82, 2.24) is 20.4 Å². The lowest BCUT2D eigenvalue weighted by Crippen LogP contribution is -2.39. The Hall–Kier alpha value is -3.48. The summed E-state index contributed by atoms with van der Waals surface area (Å²) in [6.07, 6.45) is -1.07. The van der Waals surface area contributed by atoms with Crippen molar-refractivity contribution in [3.05, 3.63) is 35.7 Å². The van der Waals surface area contributed by atoms with Crippen LogP contribution in [0.25, 0.3) is 11.5 Å². The third-order valence-corrected chi connectivity index (χ3v) is 4.03. The van der Waals surface area contributed by atoms with E-state index in [9.17, 15) is 14.0 Å². The molecule has 2 N–H and O–H groups in total. The monoisotopic (exact) mass is 359 g/mol. The van der Waals surface area contributed by atoms with Crippen LogP contribution in [0.15, 0.2) is 28.7 Å². The van der Waals surface area contributed by atoms with Gasteiger partial charge in [0.1, 0.15) is 6.67 Å². The molecule has 1 aliphatic heterocycles. The third kappa shape index (κ3) is 3.46. The number of likely N-dealkylation sites (tertiary alicyclic amines) is 1. The average molecular weight is 359 g/mol. The van der Waals surface area contributed by atoms with Crippen molar-refractivity contribution >= 4 is 12.0 Å². The molecular formula is C16H14FN5O4. The number of benzene rings is 1. The molecular weight excluding hydrogens is 345 g/mol. The van der Waals surface area contributed by atoms with E-state index >= 15 is 0 Å². The summed E-state index contributed by atoms with van der Waals surface area (Å²) in [4.78, 5) is 24.2. The Morgan fingerprint density at radius 1 is 1.46 bits per heavy atom. The fourth-order valence-corrected chi connectivity index (χ4v) is 2.80. The number of nitrogens with zero attached hydrogens (tertiary/aromatic N) is 4. The third-order valence-electron chi connectivity index (χ3n) is 4.03. The molecule has 1 aliphatic rings. The highest BCUT2D eigenvalue weighted by atomic mass is 19.1. The van der Waals surface area contributed by atoms with Gasteiger partial charge < -0.3 is 19.7 Å². The number of rotatable bonds is 4. The molecule has 1 fully saturated rings. The molecule has 2 atom stereocenters. The zero-order chi connectivity index (χ0) is 18.7. The molecule has 2 unspecified atom stereocenters. The van der Waals surface area contributed by atoms with Gasteiger partial charge in [-0.05, 0) is 24.6 Å². The van der Waals surface area contributed by atoms with Crippen LogP contribution < -0.4 is 5.32 Å². The molecule has 2 heterocycles. The van der Waals surface area contributed by atoms with Crippen LogP contribution in [0.1, 0.15) is 22.7 Å². The second-order valence-corrected chi connectivity index (χ2v) is 5.75. The van der Waals surface area contributed by atoms with E-state index in [0.29, 0.717) is 11.1 Å². The normalized spacial score (nSPS) is 19.2. The Morgan fingerprint density at radius 3 is 2.92 bits per heavy atom. The van der Waals surface area contributed by atoms with E-state index in [1.807, 2.05) is 6.07 Å². The number of carboxylic acid groups (broad SMARTS) is 1. The number of hydrogen-bond acceptors (Lipinski definition) is 6. The molecule has 0 bridgehead atoms. The van der Waals surface area contributed by atoms with Gasteiger partial charge in [-0.1, -0.05) is 6.07 Å². The van der Waals surface area contributed by atoms with E-state index in [2.05, 4.69) is 15.5 Å². The molecule has 26 heavy (non-hydrogen) atoms. The molecule has 134 valence electrons. The van der Waals surface area contributed by atoms with Gasteiger partial charge in [0, 0.05) is 18.2 Å². The van der Waals surface area contributed by atoms with Crippen LogP contribution in [0.3, 0.4) is 0 Å². The molecule has 1 saturated heterocycles. The number of aromatic nitrogens is 2. The zero-order valence-corrected chi connectivity index (χ0v) is 13.4. The van der Waals surface area contributed by atoms with Crippen LogP contribution in [0.4, 0.5) is 9.18 Å². The maximum absolute atomic E-state index is 12.9. The first-order valence-corrected chi connectivity index (χ1v) is 7.72. The Labute approximate surface area is 147 Å². The van der Waals surface area contributed by atoms with Crippen molar-refractivity contribution in [1.29, 1.82) is 5.26 Å². The van der Waals surface area contributed by atoms with Crippen molar-refractivity contribution in [3.8, 4) is 17.5 Å². The summed E-state index contributed by atoms with van der Waals surface area (Å²) in [6.45, 7) is -0.834. The molecule has 10 heteroatoms. The number of carbonyl (C=O) groups is 2. The second-order valence-electron chi connectivity index (χ2n) is 5.75. The number of nitriles is 1. The van der Waals surface area contributed by atoms with E-state index in [4.69, 9.17) is 14.8 Å². The average Bonchev–Trinajstić information content (AvgIpc) is 3.29. The summed E-state index contributed by atoms with van der Waals surface area (Å²) < 4.78 is 18.2. The van der Waals surface area contributed by atoms with E-state index in [1.165, 1.54) is 0 Å². The minimum Gasteiger partial charge on any atom is -0.465 e. The standard InChI is InChI=1S/C16H14FN5O4/c17-6-12-5-11(8-22(12)16(24)25)19-13(23)15-21-20-14(26-15)10-3-1-2-9(4-10)7-18/h1-4,11-12H,5-6,8H2,(H,19,23)(H,24,25). The number of alkyl halides is 1. The van der Waals surface area contributed by atoms with Crippen molar-refractivity contribution in [3.63, 3.8) is 0 Å². The van der Waals surface area contributed by atoms with Gasteiger partial charge in [0.25, 0.3) is 0 Å². The summed E-state index contributed by atoms with van der Waals surface area (Å²) in [6, 6.07) is 7.12. The first-order valence-electron chi connectivity index (χ1n) is 7.72. The van der Waals surface area contributed by atoms with Gasteiger partial charge in [-0.2, -0.15) is 5.26 Å². The second kappa shape index (κ2) is 7.18. The molecule has 3 rings (SSSR count). The highest BCUT2D eigenvalue weighted by molar-refractivity contribution is 5.90. The quantitative estimate of drug-likeness (QED) is 0.843. The van der Waals surface area contributed by atoms with E-state index < -0.39 is 30.8 Å².